The first-order chi connectivity index (χ1) is 11.7. The third-order valence-electron chi connectivity index (χ3n) is 3.93. The van der Waals surface area contributed by atoms with Crippen LogP contribution in [0, 0.1) is 0 Å². The van der Waals surface area contributed by atoms with Gasteiger partial charge in [0.25, 0.3) is 5.91 Å². The van der Waals surface area contributed by atoms with Gasteiger partial charge in [-0.05, 0) is 37.6 Å². The van der Waals surface area contributed by atoms with E-state index in [1.165, 1.54) is 0 Å². The third-order valence-corrected chi connectivity index (χ3v) is 4.18. The van der Waals surface area contributed by atoms with E-state index in [0.717, 1.165) is 4.90 Å². The van der Waals surface area contributed by atoms with Gasteiger partial charge in [-0.25, -0.2) is 4.79 Å². The molecule has 0 aromatic heterocycles. The number of nitrogens with one attached hydrogen (secondary N) is 3. The van der Waals surface area contributed by atoms with Gasteiger partial charge in [0, 0.05) is 10.7 Å². The van der Waals surface area contributed by atoms with Crippen LogP contribution in [0.5, 0.6) is 0 Å². The van der Waals surface area contributed by atoms with Crippen LogP contribution in [-0.2, 0) is 14.4 Å². The number of carbonyl (C=O) groups excluding carboxylic acids is 4. The van der Waals surface area contributed by atoms with Crippen molar-refractivity contribution in [3.8, 4) is 0 Å². The van der Waals surface area contributed by atoms with Crippen molar-refractivity contribution in [3.63, 3.8) is 0 Å². The molecule has 8 nitrogen and oxygen atoms in total. The highest BCUT2D eigenvalue weighted by Crippen LogP contribution is 2.20. The second kappa shape index (κ2) is 7.52. The molecule has 0 spiro atoms. The average Bonchev–Trinajstić information content (AvgIpc) is 2.79. The predicted molar refractivity (Wildman–Crippen MR) is 92.0 cm³/mol. The maximum absolute atomic E-state index is 12.2. The summed E-state index contributed by atoms with van der Waals surface area (Å²) in [6.07, 6.45) is 0.416. The van der Waals surface area contributed by atoms with Crippen molar-refractivity contribution < 1.29 is 19.2 Å². The van der Waals surface area contributed by atoms with Gasteiger partial charge in [-0.1, -0.05) is 18.5 Å². The first-order valence-electron chi connectivity index (χ1n) is 7.71. The number of halogens is 1. The van der Waals surface area contributed by atoms with E-state index in [0.29, 0.717) is 17.1 Å². The van der Waals surface area contributed by atoms with E-state index in [1.54, 1.807) is 38.1 Å². The van der Waals surface area contributed by atoms with Gasteiger partial charge in [-0.2, -0.15) is 0 Å². The molecule has 0 bridgehead atoms. The maximum atomic E-state index is 12.2. The third kappa shape index (κ3) is 4.48. The maximum Gasteiger partial charge on any atom is 0.325 e. The summed E-state index contributed by atoms with van der Waals surface area (Å²) in [6, 6.07) is 5.88. The van der Waals surface area contributed by atoms with E-state index in [-0.39, 0.29) is 6.54 Å². The van der Waals surface area contributed by atoms with Crippen molar-refractivity contribution in [2.45, 2.75) is 25.8 Å². The van der Waals surface area contributed by atoms with Crippen LogP contribution in [0.2, 0.25) is 5.02 Å². The number of benzene rings is 1. The van der Waals surface area contributed by atoms with Crippen LogP contribution in [0.4, 0.5) is 10.5 Å². The number of nitrogens with zero attached hydrogens (tertiary/aromatic N) is 1. The first kappa shape index (κ1) is 18.7. The Morgan fingerprint density at radius 2 is 1.84 bits per heavy atom. The lowest BCUT2D eigenvalue weighted by atomic mass is 9.99. The lowest BCUT2D eigenvalue weighted by Gasteiger charge is -2.19. The summed E-state index contributed by atoms with van der Waals surface area (Å²) in [5.74, 6) is -1.50. The fourth-order valence-corrected chi connectivity index (χ4v) is 2.37. The number of anilines is 1. The van der Waals surface area contributed by atoms with Crippen LogP contribution >= 0.6 is 11.6 Å². The monoisotopic (exact) mass is 366 g/mol. The molecule has 1 atom stereocenters. The van der Waals surface area contributed by atoms with Crippen LogP contribution in [0.15, 0.2) is 24.3 Å². The molecule has 3 N–H and O–H groups in total. The molecule has 1 aromatic carbocycles. The van der Waals surface area contributed by atoms with Crippen LogP contribution in [0.25, 0.3) is 0 Å². The molecule has 25 heavy (non-hydrogen) atoms. The summed E-state index contributed by atoms with van der Waals surface area (Å²) in [5, 5.41) is 8.06. The Bertz CT molecular complexity index is 707. The number of amides is 5. The van der Waals surface area contributed by atoms with Crippen molar-refractivity contribution in [2.24, 2.45) is 0 Å². The quantitative estimate of drug-likeness (QED) is 0.655. The van der Waals surface area contributed by atoms with Gasteiger partial charge in [-0.3, -0.25) is 19.3 Å². The Labute approximate surface area is 149 Å². The molecule has 1 unspecified atom stereocenters. The minimum absolute atomic E-state index is 0.282. The summed E-state index contributed by atoms with van der Waals surface area (Å²) < 4.78 is 0. The molecule has 1 fully saturated rings. The summed E-state index contributed by atoms with van der Waals surface area (Å²) >= 11 is 5.75. The van der Waals surface area contributed by atoms with Crippen LogP contribution in [0.1, 0.15) is 20.3 Å². The van der Waals surface area contributed by atoms with E-state index >= 15 is 0 Å². The van der Waals surface area contributed by atoms with E-state index in [1.807, 2.05) is 0 Å². The first-order valence-corrected chi connectivity index (χ1v) is 8.09. The lowest BCUT2D eigenvalue weighted by molar-refractivity contribution is -0.134. The normalized spacial score (nSPS) is 19.6. The molecule has 1 aliphatic heterocycles. The zero-order valence-electron chi connectivity index (χ0n) is 13.9. The van der Waals surface area contributed by atoms with Crippen LogP contribution in [0.3, 0.4) is 0 Å². The summed E-state index contributed by atoms with van der Waals surface area (Å²) in [7, 11) is 0. The molecular formula is C16H19ClN4O4. The zero-order chi connectivity index (χ0) is 18.6. The minimum atomic E-state index is -0.997. The number of urea groups is 1. The van der Waals surface area contributed by atoms with E-state index in [4.69, 9.17) is 11.6 Å². The predicted octanol–water partition coefficient (Wildman–Crippen LogP) is 1.12. The Morgan fingerprint density at radius 1 is 1.20 bits per heavy atom. The van der Waals surface area contributed by atoms with Gasteiger partial charge in [0.05, 0.1) is 6.54 Å². The molecule has 1 aromatic rings. The number of hydrogen-bond acceptors (Lipinski definition) is 4. The lowest BCUT2D eigenvalue weighted by Crippen LogP contribution is -2.45. The summed E-state index contributed by atoms with van der Waals surface area (Å²) in [4.78, 5) is 48.6. The number of carbonyl (C=O) groups is 4. The highest BCUT2D eigenvalue weighted by molar-refractivity contribution is 6.30. The van der Waals surface area contributed by atoms with E-state index in [2.05, 4.69) is 16.0 Å². The van der Waals surface area contributed by atoms with Crippen LogP contribution < -0.4 is 16.0 Å². The standard InChI is InChI=1S/C16H19ClN4O4/c1-3-16(2)14(24)21(15(25)20-16)9-13(23)18-8-12(22)19-11-6-4-10(17)5-7-11/h4-7H,3,8-9H2,1-2H3,(H,18,23)(H,19,22)(H,20,25). The molecule has 2 rings (SSSR count). The van der Waals surface area contributed by atoms with Crippen molar-refractivity contribution >= 4 is 41.0 Å². The van der Waals surface area contributed by atoms with Gasteiger partial charge in [0.2, 0.25) is 11.8 Å². The smallest absolute Gasteiger partial charge is 0.325 e. The second-order valence-corrected chi connectivity index (χ2v) is 6.28. The Morgan fingerprint density at radius 3 is 2.40 bits per heavy atom. The SMILES string of the molecule is CCC1(C)NC(=O)N(CC(=O)NCC(=O)Nc2ccc(Cl)cc2)C1=O. The Hall–Kier alpha value is -2.61. The molecule has 1 heterocycles. The zero-order valence-corrected chi connectivity index (χ0v) is 14.6. The summed E-state index contributed by atoms with van der Waals surface area (Å²) in [5.41, 5.74) is -0.458. The number of imide groups is 1. The molecule has 0 saturated carbocycles. The molecule has 0 radical (unpaired) electrons. The molecule has 1 saturated heterocycles. The molecule has 5 amide bonds. The van der Waals surface area contributed by atoms with E-state index in [9.17, 15) is 19.2 Å². The Balaban J connectivity index is 1.82. The van der Waals surface area contributed by atoms with Crippen molar-refractivity contribution in [1.82, 2.24) is 15.5 Å². The highest BCUT2D eigenvalue weighted by atomic mass is 35.5. The number of hydrogen-bond donors (Lipinski definition) is 3. The van der Waals surface area contributed by atoms with Gasteiger partial charge < -0.3 is 16.0 Å². The average molecular weight is 367 g/mol. The molecule has 134 valence electrons. The van der Waals surface area contributed by atoms with Crippen molar-refractivity contribution in [3.05, 3.63) is 29.3 Å². The van der Waals surface area contributed by atoms with Gasteiger partial charge in [-0.15, -0.1) is 0 Å². The Kier molecular flexibility index (Phi) is 5.63. The fourth-order valence-electron chi connectivity index (χ4n) is 2.25. The fraction of sp³-hybridized carbons (Fsp3) is 0.375. The van der Waals surface area contributed by atoms with Crippen molar-refractivity contribution in [1.29, 1.82) is 0 Å². The second-order valence-electron chi connectivity index (χ2n) is 5.84. The van der Waals surface area contributed by atoms with Gasteiger partial charge in [0.15, 0.2) is 0 Å². The number of rotatable bonds is 6. The highest BCUT2D eigenvalue weighted by Gasteiger charge is 2.46. The topological polar surface area (TPSA) is 108 Å². The molecule has 9 heteroatoms. The molecule has 0 aliphatic carbocycles. The molecule has 1 aliphatic rings. The minimum Gasteiger partial charge on any atom is -0.345 e. The van der Waals surface area contributed by atoms with Gasteiger partial charge >= 0.3 is 6.03 Å². The molecular weight excluding hydrogens is 348 g/mol. The summed E-state index contributed by atoms with van der Waals surface area (Å²) in [6.45, 7) is 2.65. The van der Waals surface area contributed by atoms with Gasteiger partial charge in [0.1, 0.15) is 12.1 Å². The van der Waals surface area contributed by atoms with Crippen molar-refractivity contribution in [2.75, 3.05) is 18.4 Å². The van der Waals surface area contributed by atoms with E-state index < -0.39 is 35.8 Å². The largest absolute Gasteiger partial charge is 0.345 e. The van der Waals surface area contributed by atoms with Crippen LogP contribution in [-0.4, -0.2) is 47.3 Å².